The molecular weight excluding hydrogens is 605 g/mol. The first-order valence-corrected chi connectivity index (χ1v) is 15.1. The van der Waals surface area contributed by atoms with Gasteiger partial charge in [-0.25, -0.2) is 23.6 Å². The lowest BCUT2D eigenvalue weighted by molar-refractivity contribution is 0.103. The van der Waals surface area contributed by atoms with Gasteiger partial charge in [-0.1, -0.05) is 11.6 Å². The summed E-state index contributed by atoms with van der Waals surface area (Å²) in [4.78, 5) is 29.8. The minimum absolute atomic E-state index is 0.0161. The number of pyridine rings is 1. The Labute approximate surface area is 274 Å². The first-order valence-electron chi connectivity index (χ1n) is 13.3. The molecule has 1 saturated carbocycles. The number of nitrogens with one attached hydrogen (secondary N) is 2. The van der Waals surface area contributed by atoms with Crippen LogP contribution in [0.3, 0.4) is 0 Å². The quantitative estimate of drug-likeness (QED) is 0.233. The van der Waals surface area contributed by atoms with E-state index in [-0.39, 0.29) is 14.9 Å². The molecule has 1 aliphatic heterocycles. The lowest BCUT2D eigenvalue weighted by Crippen LogP contribution is -2.62. The summed E-state index contributed by atoms with van der Waals surface area (Å²) >= 11 is 6.20. The number of carbonyl (C=O) groups is 1. The highest BCUT2D eigenvalue weighted by molar-refractivity contribution is 7.90. The second kappa shape index (κ2) is 10.3. The van der Waals surface area contributed by atoms with Gasteiger partial charge in [-0.2, -0.15) is 8.42 Å². The van der Waals surface area contributed by atoms with Gasteiger partial charge < -0.3 is 4.98 Å². The Morgan fingerprint density at radius 1 is 0.911 bits per heavy atom. The minimum Gasteiger partial charge on any atom is -0.345 e. The highest BCUT2D eigenvalue weighted by Crippen LogP contribution is 2.64. The molecule has 1 aliphatic carbocycles. The highest BCUT2D eigenvalue weighted by atomic mass is 35.5. The molecule has 6 rings (SSSR count). The summed E-state index contributed by atoms with van der Waals surface area (Å²) in [7, 11) is 42.3. The zero-order valence-corrected chi connectivity index (χ0v) is 24.9. The topological polar surface area (TPSA) is 121 Å². The van der Waals surface area contributed by atoms with Crippen molar-refractivity contribution < 1.29 is 17.6 Å². The van der Waals surface area contributed by atoms with E-state index in [4.69, 9.17) is 74.4 Å². The second-order valence-corrected chi connectivity index (χ2v) is 13.3. The number of rotatable bonds is 7. The molecule has 0 unspecified atom stereocenters. The molecule has 4 heterocycles. The maximum atomic E-state index is 16.0. The molecule has 206 valence electrons. The van der Waals surface area contributed by atoms with Crippen LogP contribution in [0, 0.1) is 5.82 Å². The molecule has 4 aromatic rings. The number of aromatic nitrogens is 4. The summed E-state index contributed by atoms with van der Waals surface area (Å²) < 4.78 is 45.0. The Morgan fingerprint density at radius 3 is 2.07 bits per heavy atom. The monoisotopic (exact) mass is 620 g/mol. The van der Waals surface area contributed by atoms with Crippen LogP contribution in [-0.4, -0.2) is 112 Å². The van der Waals surface area contributed by atoms with Crippen molar-refractivity contribution in [2.75, 3.05) is 4.72 Å². The van der Waals surface area contributed by atoms with E-state index >= 15 is 4.39 Å². The normalized spacial score (nSPS) is 20.2. The molecule has 0 spiro atoms. The van der Waals surface area contributed by atoms with Crippen molar-refractivity contribution in [2.45, 2.75) is 39.9 Å². The fourth-order valence-corrected chi connectivity index (χ4v) is 7.08. The third-order valence-electron chi connectivity index (χ3n) is 8.17. The van der Waals surface area contributed by atoms with Crippen molar-refractivity contribution in [3.05, 3.63) is 70.8 Å². The van der Waals surface area contributed by atoms with Crippen molar-refractivity contribution in [3.63, 3.8) is 0 Å². The van der Waals surface area contributed by atoms with Crippen molar-refractivity contribution in [1.29, 1.82) is 0 Å². The number of halogens is 2. The smallest absolute Gasteiger partial charge is 0.299 e. The second-order valence-electron chi connectivity index (χ2n) is 11.3. The van der Waals surface area contributed by atoms with Crippen molar-refractivity contribution in [3.8, 4) is 11.1 Å². The maximum Gasteiger partial charge on any atom is 0.299 e. The predicted molar refractivity (Wildman–Crippen MR) is 175 cm³/mol. The molecule has 45 heavy (non-hydrogen) atoms. The van der Waals surface area contributed by atoms with E-state index in [1.54, 1.807) is 24.7 Å². The number of ketones is 1. The van der Waals surface area contributed by atoms with Crippen molar-refractivity contribution in [2.24, 2.45) is 0 Å². The van der Waals surface area contributed by atoms with E-state index in [9.17, 15) is 13.2 Å². The van der Waals surface area contributed by atoms with Gasteiger partial charge in [0.25, 0.3) is 10.2 Å². The van der Waals surface area contributed by atoms with Crippen LogP contribution >= 0.6 is 11.6 Å². The van der Waals surface area contributed by atoms with Crippen LogP contribution in [0.1, 0.15) is 40.5 Å². The van der Waals surface area contributed by atoms with E-state index in [0.717, 1.165) is 30.8 Å². The molecule has 0 amide bonds. The molecular formula is C25H14B8ClFN6O3S. The first kappa shape index (κ1) is 32.1. The number of hydrogen-bond donors (Lipinski definition) is 2. The van der Waals surface area contributed by atoms with Gasteiger partial charge in [0.15, 0.2) is 11.6 Å². The van der Waals surface area contributed by atoms with Gasteiger partial charge in [-0.3, -0.25) is 9.52 Å². The largest absolute Gasteiger partial charge is 0.345 e. The van der Waals surface area contributed by atoms with Gasteiger partial charge in [0.05, 0.1) is 74.0 Å². The number of anilines is 1. The van der Waals surface area contributed by atoms with Gasteiger partial charge in [-0.05, 0) is 41.7 Å². The molecule has 1 saturated heterocycles. The van der Waals surface area contributed by atoms with Crippen LogP contribution in [0.15, 0.2) is 43.0 Å². The zero-order chi connectivity index (χ0) is 32.9. The van der Waals surface area contributed by atoms with Crippen LogP contribution in [0.2, 0.25) is 15.5 Å². The number of aromatic amines is 1. The summed E-state index contributed by atoms with van der Waals surface area (Å²) in [5.74, 6) is -1.03. The van der Waals surface area contributed by atoms with Gasteiger partial charge in [0.1, 0.15) is 11.5 Å². The number of nitrogens with zero attached hydrogens (tertiary/aromatic N) is 4. The Morgan fingerprint density at radius 2 is 1.49 bits per heavy atom. The Hall–Kier alpha value is -2.89. The summed E-state index contributed by atoms with van der Waals surface area (Å²) in [5.41, 5.74) is 0.222. The van der Waals surface area contributed by atoms with E-state index in [0.29, 0.717) is 28.1 Å². The molecule has 2 fully saturated rings. The Bertz CT molecular complexity index is 1960. The molecule has 0 atom stereocenters. The first-order chi connectivity index (χ1) is 20.8. The number of H-pyrrole nitrogens is 1. The highest BCUT2D eigenvalue weighted by Gasteiger charge is 2.66. The van der Waals surface area contributed by atoms with Gasteiger partial charge in [0, 0.05) is 57.8 Å². The number of fused-ring (bicyclic) bond motifs is 1. The van der Waals surface area contributed by atoms with Gasteiger partial charge in [0.2, 0.25) is 0 Å². The van der Waals surface area contributed by atoms with Gasteiger partial charge in [-0.15, -0.1) is 10.4 Å². The van der Waals surface area contributed by atoms with Crippen LogP contribution in [0.5, 0.6) is 0 Å². The van der Waals surface area contributed by atoms with E-state index in [1.165, 1.54) is 6.20 Å². The maximum absolute atomic E-state index is 16.0. The standard InChI is InChI=1S/C25H14B8ClFN6O3S/c26-22(27)23(28,29)25(32,33)41(24(22,30)31)45(43,44)40-17-5-13(34)4-15(18(17)35)19(42)16-9-39-21-14(16)3-11(6-38-21)12-7-36-20(37-8-12)10-1-2-10/h3-10,40H,1-2H2,(H,38,39). The summed E-state index contributed by atoms with van der Waals surface area (Å²) in [6.07, 6.45) is 8.35. The number of benzene rings is 1. The summed E-state index contributed by atoms with van der Waals surface area (Å²) in [5, 5.41) is -10.7. The molecule has 20 heteroatoms. The van der Waals surface area contributed by atoms with Gasteiger partial charge >= 0.3 is 0 Å². The fourth-order valence-electron chi connectivity index (χ4n) is 5.25. The van der Waals surface area contributed by atoms with Crippen LogP contribution in [0.25, 0.3) is 22.2 Å². The van der Waals surface area contributed by atoms with Crippen molar-refractivity contribution in [1.82, 2.24) is 24.2 Å². The van der Waals surface area contributed by atoms with E-state index in [2.05, 4.69) is 19.9 Å². The van der Waals surface area contributed by atoms with Crippen LogP contribution < -0.4 is 4.72 Å². The Balaban J connectivity index is 1.36. The average molecular weight is 619 g/mol. The molecule has 3 aromatic heterocycles. The summed E-state index contributed by atoms with van der Waals surface area (Å²) in [6.45, 7) is 0. The lowest BCUT2D eigenvalue weighted by Gasteiger charge is -2.49. The van der Waals surface area contributed by atoms with E-state index < -0.39 is 54.2 Å². The molecule has 9 nitrogen and oxygen atoms in total. The fraction of sp³-hybridized carbons (Fsp3) is 0.280. The zero-order valence-electron chi connectivity index (χ0n) is 23.3. The molecule has 1 aromatic carbocycles. The van der Waals surface area contributed by atoms with Crippen LogP contribution in [0.4, 0.5) is 10.1 Å². The third-order valence-corrected chi connectivity index (χ3v) is 9.95. The molecule has 2 N–H and O–H groups in total. The predicted octanol–water partition coefficient (Wildman–Crippen LogP) is 0.781. The van der Waals surface area contributed by atoms with E-state index in [1.807, 2.05) is 4.72 Å². The molecule has 0 bridgehead atoms. The molecule has 2 aliphatic rings. The number of carbonyl (C=O) groups excluding carboxylic acids is 1. The number of hydrogen-bond acceptors (Lipinski definition) is 6. The lowest BCUT2D eigenvalue weighted by atomic mass is 9.17. The summed E-state index contributed by atoms with van der Waals surface area (Å²) in [6, 6.07) is 3.58. The Kier molecular flexibility index (Phi) is 7.34. The molecule has 16 radical (unpaired) electrons. The average Bonchev–Trinajstić information content (AvgIpc) is 3.70. The van der Waals surface area contributed by atoms with Crippen molar-refractivity contribution >= 4 is 107 Å². The third kappa shape index (κ3) is 4.83. The van der Waals surface area contributed by atoms with Crippen LogP contribution in [-0.2, 0) is 10.2 Å². The minimum atomic E-state index is -5.16. The SMILES string of the molecule is [B]C1([B])N(S(=O)(=O)Nc2cc(Cl)cc(C(=O)c3c[nH]c4ncc(-c5cnc(C6CC6)nc5)cc34)c2F)C([B])([B])C([B])([B])C1([B])[B].